The molecule has 0 radical (unpaired) electrons. The summed E-state index contributed by atoms with van der Waals surface area (Å²) < 4.78 is 41.2. The van der Waals surface area contributed by atoms with E-state index < -0.39 is 17.6 Å². The highest BCUT2D eigenvalue weighted by Gasteiger charge is 2.33. The fourth-order valence-electron chi connectivity index (χ4n) is 2.75. The van der Waals surface area contributed by atoms with E-state index in [1.165, 1.54) is 18.2 Å². The van der Waals surface area contributed by atoms with Crippen molar-refractivity contribution in [3.05, 3.63) is 46.2 Å². The molecule has 0 aliphatic carbocycles. The van der Waals surface area contributed by atoms with Gasteiger partial charge in [-0.25, -0.2) is 0 Å². The van der Waals surface area contributed by atoms with Gasteiger partial charge in [-0.05, 0) is 39.0 Å². The van der Waals surface area contributed by atoms with Crippen molar-refractivity contribution in [2.45, 2.75) is 38.1 Å². The summed E-state index contributed by atoms with van der Waals surface area (Å²) >= 11 is 2.75. The van der Waals surface area contributed by atoms with Gasteiger partial charge in [0.05, 0.1) is 17.0 Å². The van der Waals surface area contributed by atoms with Crippen LogP contribution in [0.3, 0.4) is 0 Å². The van der Waals surface area contributed by atoms with Crippen molar-refractivity contribution >= 4 is 34.7 Å². The number of thioether (sulfide) groups is 1. The number of alkyl halides is 3. The second-order valence-electron chi connectivity index (χ2n) is 6.60. The number of carbonyl (C=O) groups is 1. The molecular weight excluding hydrogens is 421 g/mol. The molecule has 0 aliphatic rings. The average molecular weight is 441 g/mol. The zero-order valence-corrected chi connectivity index (χ0v) is 17.6. The molecule has 2 aromatic heterocycles. The minimum Gasteiger partial charge on any atom is -0.325 e. The van der Waals surface area contributed by atoms with E-state index in [9.17, 15) is 18.0 Å². The zero-order chi connectivity index (χ0) is 21.2. The number of para-hydroxylation sites is 1. The van der Waals surface area contributed by atoms with Crippen LogP contribution in [0.25, 0.3) is 11.4 Å². The molecule has 0 saturated heterocycles. The second-order valence-corrected chi connectivity index (χ2v) is 8.65. The van der Waals surface area contributed by atoms with E-state index in [0.717, 1.165) is 28.3 Å². The molecule has 0 atom stereocenters. The smallest absolute Gasteiger partial charge is 0.325 e. The molecule has 1 aromatic carbocycles. The Labute approximate surface area is 174 Å². The summed E-state index contributed by atoms with van der Waals surface area (Å²) in [7, 11) is 0. The Bertz CT molecular complexity index is 1010. The van der Waals surface area contributed by atoms with E-state index in [0.29, 0.717) is 11.0 Å². The maximum Gasteiger partial charge on any atom is 0.418 e. The molecule has 0 unspecified atom stereocenters. The van der Waals surface area contributed by atoms with E-state index in [1.54, 1.807) is 11.3 Å². The van der Waals surface area contributed by atoms with Gasteiger partial charge in [-0.15, -0.1) is 21.5 Å². The maximum atomic E-state index is 13.1. The van der Waals surface area contributed by atoms with Gasteiger partial charge in [0, 0.05) is 21.9 Å². The van der Waals surface area contributed by atoms with Crippen molar-refractivity contribution in [1.82, 2.24) is 14.8 Å². The number of aromatic nitrogens is 3. The first kappa shape index (κ1) is 21.4. The summed E-state index contributed by atoms with van der Waals surface area (Å²) in [6, 6.07) is 6.97. The molecule has 2 heterocycles. The Morgan fingerprint density at radius 2 is 2.00 bits per heavy atom. The summed E-state index contributed by atoms with van der Waals surface area (Å²) in [5, 5.41) is 13.3. The Morgan fingerprint density at radius 1 is 1.28 bits per heavy atom. The predicted octanol–water partition coefficient (Wildman–Crippen LogP) is 5.65. The number of nitrogens with zero attached hydrogens (tertiary/aromatic N) is 3. The fraction of sp³-hybridized carbons (Fsp3) is 0.316. The largest absolute Gasteiger partial charge is 0.418 e. The van der Waals surface area contributed by atoms with Crippen LogP contribution < -0.4 is 5.32 Å². The van der Waals surface area contributed by atoms with Crippen LogP contribution in [-0.4, -0.2) is 26.4 Å². The van der Waals surface area contributed by atoms with Crippen LogP contribution in [0, 0.1) is 6.92 Å². The predicted molar refractivity (Wildman–Crippen MR) is 109 cm³/mol. The lowest BCUT2D eigenvalue weighted by molar-refractivity contribution is -0.137. The Kier molecular flexibility index (Phi) is 6.33. The van der Waals surface area contributed by atoms with E-state index in [-0.39, 0.29) is 17.5 Å². The average Bonchev–Trinajstić information content (AvgIpc) is 3.25. The Balaban J connectivity index is 1.74. The number of nitrogens with one attached hydrogen (secondary N) is 1. The highest BCUT2D eigenvalue weighted by Crippen LogP contribution is 2.35. The van der Waals surface area contributed by atoms with E-state index in [1.807, 2.05) is 36.8 Å². The summed E-state index contributed by atoms with van der Waals surface area (Å²) in [5.74, 6) is 0.0762. The molecule has 0 spiro atoms. The summed E-state index contributed by atoms with van der Waals surface area (Å²) in [6.07, 6.45) is -4.54. The fourth-order valence-corrected chi connectivity index (χ4v) is 4.30. The van der Waals surface area contributed by atoms with Gasteiger partial charge >= 0.3 is 6.18 Å². The molecule has 3 rings (SSSR count). The number of benzene rings is 1. The van der Waals surface area contributed by atoms with Crippen LogP contribution >= 0.6 is 23.1 Å². The van der Waals surface area contributed by atoms with E-state index in [2.05, 4.69) is 15.5 Å². The molecule has 1 N–H and O–H groups in total. The molecule has 0 fully saturated rings. The quantitative estimate of drug-likeness (QED) is 0.504. The van der Waals surface area contributed by atoms with Crippen molar-refractivity contribution in [3.8, 4) is 11.4 Å². The molecular formula is C19H19F3N4OS2. The standard InChI is InChI=1S/C19H19F3N4OS2/c1-11(2)26-17(13-8-12(3)28-9-13)24-25-18(26)29-10-16(27)23-15-7-5-4-6-14(15)19(20,21)22/h4-9,11H,10H2,1-3H3,(H,23,27). The van der Waals surface area contributed by atoms with Gasteiger partial charge in [-0.1, -0.05) is 23.9 Å². The van der Waals surface area contributed by atoms with Gasteiger partial charge in [-0.3, -0.25) is 9.36 Å². The van der Waals surface area contributed by atoms with Crippen LogP contribution in [0.15, 0.2) is 40.9 Å². The molecule has 0 aliphatic heterocycles. The van der Waals surface area contributed by atoms with Gasteiger partial charge in [0.15, 0.2) is 11.0 Å². The first-order valence-electron chi connectivity index (χ1n) is 8.76. The third-order valence-electron chi connectivity index (χ3n) is 4.01. The first-order chi connectivity index (χ1) is 13.7. The lowest BCUT2D eigenvalue weighted by atomic mass is 10.1. The van der Waals surface area contributed by atoms with Gasteiger partial charge < -0.3 is 5.32 Å². The molecule has 154 valence electrons. The highest BCUT2D eigenvalue weighted by atomic mass is 32.2. The van der Waals surface area contributed by atoms with Crippen LogP contribution in [0.1, 0.15) is 30.3 Å². The van der Waals surface area contributed by atoms with Crippen molar-refractivity contribution in [3.63, 3.8) is 0 Å². The number of carbonyl (C=O) groups excluding carboxylic acids is 1. The number of rotatable bonds is 6. The van der Waals surface area contributed by atoms with E-state index in [4.69, 9.17) is 0 Å². The number of anilines is 1. The molecule has 3 aromatic rings. The van der Waals surface area contributed by atoms with Crippen molar-refractivity contribution < 1.29 is 18.0 Å². The lowest BCUT2D eigenvalue weighted by Crippen LogP contribution is -2.18. The Morgan fingerprint density at radius 3 is 2.62 bits per heavy atom. The maximum absolute atomic E-state index is 13.1. The molecule has 0 bridgehead atoms. The van der Waals surface area contributed by atoms with Crippen molar-refractivity contribution in [2.24, 2.45) is 0 Å². The van der Waals surface area contributed by atoms with Crippen molar-refractivity contribution in [1.29, 1.82) is 0 Å². The van der Waals surface area contributed by atoms with Crippen LogP contribution in [0.5, 0.6) is 0 Å². The third-order valence-corrected chi connectivity index (χ3v) is 5.81. The number of amides is 1. The molecule has 5 nitrogen and oxygen atoms in total. The van der Waals surface area contributed by atoms with Crippen LogP contribution in [0.2, 0.25) is 0 Å². The van der Waals surface area contributed by atoms with Gasteiger partial charge in [0.25, 0.3) is 0 Å². The monoisotopic (exact) mass is 440 g/mol. The summed E-state index contributed by atoms with van der Waals surface area (Å²) in [5.41, 5.74) is -0.187. The molecule has 29 heavy (non-hydrogen) atoms. The highest BCUT2D eigenvalue weighted by molar-refractivity contribution is 7.99. The third kappa shape index (κ3) is 4.99. The number of halogens is 3. The number of aryl methyl sites for hydroxylation is 1. The summed E-state index contributed by atoms with van der Waals surface area (Å²) in [4.78, 5) is 13.4. The first-order valence-corrected chi connectivity index (χ1v) is 10.6. The topological polar surface area (TPSA) is 59.8 Å². The van der Waals surface area contributed by atoms with Gasteiger partial charge in [0.2, 0.25) is 5.91 Å². The van der Waals surface area contributed by atoms with Crippen LogP contribution in [-0.2, 0) is 11.0 Å². The minimum atomic E-state index is -4.54. The number of thiophene rings is 1. The molecule has 10 heteroatoms. The normalized spacial score (nSPS) is 11.8. The number of hydrogen-bond acceptors (Lipinski definition) is 5. The van der Waals surface area contributed by atoms with E-state index >= 15 is 0 Å². The van der Waals surface area contributed by atoms with Crippen molar-refractivity contribution in [2.75, 3.05) is 11.1 Å². The molecule has 1 amide bonds. The number of hydrogen-bond donors (Lipinski definition) is 1. The SMILES string of the molecule is Cc1cc(-c2nnc(SCC(=O)Nc3ccccc3C(F)(F)F)n2C(C)C)cs1. The van der Waals surface area contributed by atoms with Gasteiger partial charge in [0.1, 0.15) is 0 Å². The minimum absolute atomic E-state index is 0.0525. The van der Waals surface area contributed by atoms with Gasteiger partial charge in [-0.2, -0.15) is 13.2 Å². The van der Waals surface area contributed by atoms with Crippen LogP contribution in [0.4, 0.5) is 18.9 Å². The Hall–Kier alpha value is -2.33. The second kappa shape index (κ2) is 8.58. The molecule has 0 saturated carbocycles. The zero-order valence-electron chi connectivity index (χ0n) is 15.9. The summed E-state index contributed by atoms with van der Waals surface area (Å²) in [6.45, 7) is 5.97. The lowest BCUT2D eigenvalue weighted by Gasteiger charge is -2.14.